The molecule has 0 saturated carbocycles. The summed E-state index contributed by atoms with van der Waals surface area (Å²) in [5.41, 5.74) is 4.50. The van der Waals surface area contributed by atoms with Crippen LogP contribution in [0.25, 0.3) is 5.57 Å². The molecular formula is C18H16S. The van der Waals surface area contributed by atoms with Gasteiger partial charge in [0.15, 0.2) is 0 Å². The van der Waals surface area contributed by atoms with E-state index in [1.54, 1.807) is 5.57 Å². The second-order valence-corrected chi connectivity index (χ2v) is 6.54. The zero-order valence-corrected chi connectivity index (χ0v) is 11.6. The third-order valence-electron chi connectivity index (χ3n) is 4.11. The molecule has 1 aliphatic heterocycles. The molecule has 4 rings (SSSR count). The third kappa shape index (κ3) is 1.93. The molecule has 0 nitrogen and oxygen atoms in total. The number of thioether (sulfide) groups is 1. The summed E-state index contributed by atoms with van der Waals surface area (Å²) >= 11 is 2.02. The van der Waals surface area contributed by atoms with Gasteiger partial charge in [0.2, 0.25) is 0 Å². The number of rotatable bonds is 1. The van der Waals surface area contributed by atoms with Gasteiger partial charge in [0.25, 0.3) is 0 Å². The van der Waals surface area contributed by atoms with Crippen LogP contribution in [0.4, 0.5) is 0 Å². The maximum Gasteiger partial charge on any atom is 0.0385 e. The molecule has 19 heavy (non-hydrogen) atoms. The van der Waals surface area contributed by atoms with Crippen molar-refractivity contribution in [2.24, 2.45) is 5.92 Å². The van der Waals surface area contributed by atoms with Crippen molar-refractivity contribution in [1.29, 1.82) is 0 Å². The minimum absolute atomic E-state index is 0.580. The van der Waals surface area contributed by atoms with Gasteiger partial charge in [-0.1, -0.05) is 54.7 Å². The molecule has 2 atom stereocenters. The van der Waals surface area contributed by atoms with E-state index >= 15 is 0 Å². The van der Waals surface area contributed by atoms with Gasteiger partial charge in [0.05, 0.1) is 0 Å². The molecule has 0 saturated heterocycles. The van der Waals surface area contributed by atoms with E-state index in [2.05, 4.69) is 60.7 Å². The van der Waals surface area contributed by atoms with Crippen molar-refractivity contribution in [3.63, 3.8) is 0 Å². The first-order valence-electron chi connectivity index (χ1n) is 6.93. The van der Waals surface area contributed by atoms with Gasteiger partial charge in [-0.25, -0.2) is 0 Å². The van der Waals surface area contributed by atoms with E-state index in [1.807, 2.05) is 11.8 Å². The monoisotopic (exact) mass is 264 g/mol. The van der Waals surface area contributed by atoms with Crippen LogP contribution >= 0.6 is 11.8 Å². The fourth-order valence-electron chi connectivity index (χ4n) is 3.11. The van der Waals surface area contributed by atoms with Crippen molar-refractivity contribution >= 4 is 17.3 Å². The van der Waals surface area contributed by atoms with Crippen LogP contribution < -0.4 is 0 Å². The molecule has 0 fully saturated rings. The highest BCUT2D eigenvalue weighted by Gasteiger charge is 2.29. The molecule has 1 aromatic rings. The maximum atomic E-state index is 2.45. The van der Waals surface area contributed by atoms with Gasteiger partial charge in [-0.05, 0) is 35.6 Å². The minimum Gasteiger partial charge on any atom is -0.117 e. The van der Waals surface area contributed by atoms with Gasteiger partial charge in [-0.3, -0.25) is 0 Å². The molecule has 1 heteroatoms. The zero-order chi connectivity index (χ0) is 12.7. The van der Waals surface area contributed by atoms with Crippen LogP contribution in [0.2, 0.25) is 0 Å². The van der Waals surface area contributed by atoms with Gasteiger partial charge < -0.3 is 0 Å². The van der Waals surface area contributed by atoms with Gasteiger partial charge in [-0.15, -0.1) is 11.8 Å². The van der Waals surface area contributed by atoms with Crippen LogP contribution in [0, 0.1) is 5.92 Å². The minimum atomic E-state index is 0.580. The van der Waals surface area contributed by atoms with Crippen molar-refractivity contribution in [1.82, 2.24) is 0 Å². The van der Waals surface area contributed by atoms with E-state index < -0.39 is 0 Å². The molecule has 2 unspecified atom stereocenters. The van der Waals surface area contributed by atoms with Crippen LogP contribution in [0.15, 0.2) is 71.2 Å². The van der Waals surface area contributed by atoms with E-state index in [-0.39, 0.29) is 0 Å². The largest absolute Gasteiger partial charge is 0.117 e. The average Bonchev–Trinajstić information content (AvgIpc) is 2.86. The second kappa shape index (κ2) is 4.57. The topological polar surface area (TPSA) is 0 Å². The summed E-state index contributed by atoms with van der Waals surface area (Å²) in [4.78, 5) is 1.45. The average molecular weight is 264 g/mol. The van der Waals surface area contributed by atoms with E-state index in [9.17, 15) is 0 Å². The molecular weight excluding hydrogens is 248 g/mol. The van der Waals surface area contributed by atoms with Crippen molar-refractivity contribution in [3.05, 3.63) is 71.9 Å². The number of allylic oxidation sites excluding steroid dienone is 7. The summed E-state index contributed by atoms with van der Waals surface area (Å²) in [5, 5.41) is 0.643. The molecule has 1 aromatic carbocycles. The predicted molar refractivity (Wildman–Crippen MR) is 83.2 cm³/mol. The fourth-order valence-corrected chi connectivity index (χ4v) is 4.40. The smallest absolute Gasteiger partial charge is 0.0385 e. The standard InChI is InChI=1S/C18H16S/c1-2-6-13(7-3-1)14-10-11-18-16(12-14)15-8-4-5-9-17(15)19-18/h1-6,8-10,12-13,18H,7,11H2. The Bertz CT molecular complexity index is 631. The van der Waals surface area contributed by atoms with Crippen LogP contribution in [0.1, 0.15) is 18.4 Å². The summed E-state index contributed by atoms with van der Waals surface area (Å²) in [6.45, 7) is 0. The Morgan fingerprint density at radius 3 is 2.89 bits per heavy atom. The maximum absolute atomic E-state index is 2.45. The summed E-state index contributed by atoms with van der Waals surface area (Å²) in [6, 6.07) is 8.83. The molecule has 0 bridgehead atoms. The number of hydrogen-bond donors (Lipinski definition) is 0. The lowest BCUT2D eigenvalue weighted by Crippen LogP contribution is -2.09. The van der Waals surface area contributed by atoms with Gasteiger partial charge in [0.1, 0.15) is 0 Å². The van der Waals surface area contributed by atoms with Crippen molar-refractivity contribution in [2.45, 2.75) is 23.0 Å². The van der Waals surface area contributed by atoms with Crippen molar-refractivity contribution < 1.29 is 0 Å². The third-order valence-corrected chi connectivity index (χ3v) is 5.45. The number of fused-ring (bicyclic) bond motifs is 3. The summed E-state index contributed by atoms with van der Waals surface area (Å²) in [5.74, 6) is 0.580. The molecule has 94 valence electrons. The zero-order valence-electron chi connectivity index (χ0n) is 10.8. The predicted octanol–water partition coefficient (Wildman–Crippen LogP) is 5.01. The summed E-state index contributed by atoms with van der Waals surface area (Å²) < 4.78 is 0. The van der Waals surface area contributed by atoms with Crippen LogP contribution in [0.5, 0.6) is 0 Å². The Morgan fingerprint density at radius 2 is 2.00 bits per heavy atom. The molecule has 0 radical (unpaired) electrons. The van der Waals surface area contributed by atoms with Gasteiger partial charge in [0, 0.05) is 16.1 Å². The first-order valence-corrected chi connectivity index (χ1v) is 7.81. The van der Waals surface area contributed by atoms with Crippen molar-refractivity contribution in [3.8, 4) is 0 Å². The molecule has 0 amide bonds. The van der Waals surface area contributed by atoms with E-state index in [0.717, 1.165) is 6.42 Å². The Balaban J connectivity index is 1.70. The van der Waals surface area contributed by atoms with Gasteiger partial charge >= 0.3 is 0 Å². The Kier molecular flexibility index (Phi) is 2.73. The molecule has 0 aromatic heterocycles. The number of hydrogen-bond acceptors (Lipinski definition) is 1. The molecule has 3 aliphatic rings. The van der Waals surface area contributed by atoms with E-state index in [1.165, 1.54) is 22.5 Å². The summed E-state index contributed by atoms with van der Waals surface area (Å²) in [7, 11) is 0. The van der Waals surface area contributed by atoms with Gasteiger partial charge in [-0.2, -0.15) is 0 Å². The number of benzene rings is 1. The lowest BCUT2D eigenvalue weighted by Gasteiger charge is -2.22. The highest BCUT2D eigenvalue weighted by atomic mass is 32.2. The lowest BCUT2D eigenvalue weighted by atomic mass is 9.85. The van der Waals surface area contributed by atoms with E-state index in [0.29, 0.717) is 11.2 Å². The first kappa shape index (κ1) is 11.4. The van der Waals surface area contributed by atoms with Crippen LogP contribution in [-0.2, 0) is 0 Å². The highest BCUT2D eigenvalue weighted by Crippen LogP contribution is 2.49. The highest BCUT2D eigenvalue weighted by molar-refractivity contribution is 8.00. The lowest BCUT2D eigenvalue weighted by molar-refractivity contribution is 0.774. The van der Waals surface area contributed by atoms with Crippen LogP contribution in [0.3, 0.4) is 0 Å². The Labute approximate surface area is 118 Å². The van der Waals surface area contributed by atoms with E-state index in [4.69, 9.17) is 0 Å². The normalized spacial score (nSPS) is 27.6. The SMILES string of the molecule is C1=CCC(C2=CCC3Sc4ccccc4C3=C2)C=C1. The quantitative estimate of drug-likeness (QED) is 0.687. The molecule has 0 N–H and O–H groups in total. The van der Waals surface area contributed by atoms with Crippen LogP contribution in [-0.4, -0.2) is 5.25 Å². The summed E-state index contributed by atoms with van der Waals surface area (Å²) in [6.07, 6.45) is 16.1. The Morgan fingerprint density at radius 1 is 1.05 bits per heavy atom. The molecule has 0 spiro atoms. The second-order valence-electron chi connectivity index (χ2n) is 5.30. The van der Waals surface area contributed by atoms with Crippen molar-refractivity contribution in [2.75, 3.05) is 0 Å². The fraction of sp³-hybridized carbons (Fsp3) is 0.222. The Hall–Kier alpha value is -1.47. The molecule has 1 heterocycles. The first-order chi connectivity index (χ1) is 9.42. The molecule has 2 aliphatic carbocycles.